The number of aromatic nitrogens is 1. The van der Waals surface area contributed by atoms with Crippen LogP contribution in [0.4, 0.5) is 10.5 Å². The quantitative estimate of drug-likeness (QED) is 0.449. The van der Waals surface area contributed by atoms with Gasteiger partial charge in [0.15, 0.2) is 5.78 Å². The lowest BCUT2D eigenvalue weighted by Crippen LogP contribution is -2.47. The van der Waals surface area contributed by atoms with Crippen molar-refractivity contribution in [2.24, 2.45) is 0 Å². The van der Waals surface area contributed by atoms with Gasteiger partial charge in [0.2, 0.25) is 11.7 Å². The molecule has 2 heterocycles. The number of alkyl carbamates (subject to hydrolysis) is 1. The Morgan fingerprint density at radius 1 is 1.06 bits per heavy atom. The number of fused-ring (bicyclic) bond motifs is 2. The van der Waals surface area contributed by atoms with E-state index in [-0.39, 0.29) is 45.4 Å². The minimum Gasteiger partial charge on any atom is -0.444 e. The van der Waals surface area contributed by atoms with Crippen molar-refractivity contribution in [2.75, 3.05) is 5.32 Å². The van der Waals surface area contributed by atoms with E-state index in [1.165, 1.54) is 12.3 Å². The first-order valence-corrected chi connectivity index (χ1v) is 11.5. The van der Waals surface area contributed by atoms with Gasteiger partial charge >= 0.3 is 6.09 Å². The Bertz CT molecular complexity index is 1280. The zero-order valence-corrected chi connectivity index (χ0v) is 19.7. The van der Waals surface area contributed by atoms with Crippen molar-refractivity contribution in [3.63, 3.8) is 0 Å². The highest BCUT2D eigenvalue weighted by Gasteiger charge is 2.35. The van der Waals surface area contributed by atoms with Gasteiger partial charge in [0, 0.05) is 18.0 Å². The van der Waals surface area contributed by atoms with E-state index in [1.807, 2.05) is 30.3 Å². The molecule has 0 saturated heterocycles. The first kappa shape index (κ1) is 23.3. The minimum atomic E-state index is -0.976. The molecule has 34 heavy (non-hydrogen) atoms. The van der Waals surface area contributed by atoms with E-state index in [0.717, 1.165) is 16.9 Å². The second-order valence-corrected chi connectivity index (χ2v) is 9.67. The van der Waals surface area contributed by atoms with Crippen molar-refractivity contribution in [3.8, 4) is 0 Å². The molecule has 2 N–H and O–H groups in total. The first-order chi connectivity index (χ1) is 16.1. The molecule has 1 aliphatic rings. The van der Waals surface area contributed by atoms with Crippen molar-refractivity contribution in [1.29, 1.82) is 0 Å². The molecule has 3 aromatic rings. The van der Waals surface area contributed by atoms with Gasteiger partial charge in [-0.05, 0) is 38.5 Å². The number of anilines is 1. The highest BCUT2D eigenvalue weighted by molar-refractivity contribution is 7.13. The molecule has 9 heteroatoms. The van der Waals surface area contributed by atoms with Crippen LogP contribution in [0.5, 0.6) is 0 Å². The van der Waals surface area contributed by atoms with Gasteiger partial charge in [-0.3, -0.25) is 19.4 Å². The topological polar surface area (TPSA) is 114 Å². The third-order valence-electron chi connectivity index (χ3n) is 5.04. The van der Waals surface area contributed by atoms with Gasteiger partial charge in [0.25, 0.3) is 0 Å². The number of amides is 2. The van der Waals surface area contributed by atoms with Crippen molar-refractivity contribution < 1.29 is 23.9 Å². The molecule has 8 nitrogen and oxygen atoms in total. The third-order valence-corrected chi connectivity index (χ3v) is 6.02. The van der Waals surface area contributed by atoms with Crippen molar-refractivity contribution in [2.45, 2.75) is 38.8 Å². The maximum absolute atomic E-state index is 13.3. The summed E-state index contributed by atoms with van der Waals surface area (Å²) in [6, 6.07) is 11.4. The van der Waals surface area contributed by atoms with Crippen LogP contribution in [0.1, 0.15) is 57.6 Å². The smallest absolute Gasteiger partial charge is 0.408 e. The molecule has 2 aromatic heterocycles. The summed E-state index contributed by atoms with van der Waals surface area (Å²) >= 11 is 1.07. The lowest BCUT2D eigenvalue weighted by atomic mass is 9.92. The highest BCUT2D eigenvalue weighted by atomic mass is 32.1. The van der Waals surface area contributed by atoms with Gasteiger partial charge in [0.05, 0.1) is 21.7 Å². The molecule has 0 aliphatic heterocycles. The van der Waals surface area contributed by atoms with Crippen molar-refractivity contribution >= 4 is 40.6 Å². The summed E-state index contributed by atoms with van der Waals surface area (Å²) in [7, 11) is 0. The van der Waals surface area contributed by atoms with Crippen LogP contribution in [0.3, 0.4) is 0 Å². The number of ether oxygens (including phenoxy) is 1. The summed E-state index contributed by atoms with van der Waals surface area (Å²) in [6.45, 7) is 5.18. The zero-order valence-electron chi connectivity index (χ0n) is 18.9. The molecule has 0 bridgehead atoms. The molecule has 0 unspecified atom stereocenters. The molecular weight excluding hydrogens is 454 g/mol. The number of pyridine rings is 1. The van der Waals surface area contributed by atoms with Crippen LogP contribution in [-0.2, 0) is 16.0 Å². The van der Waals surface area contributed by atoms with Crippen LogP contribution in [0.15, 0.2) is 54.0 Å². The first-order valence-electron chi connectivity index (χ1n) is 10.6. The standard InChI is InChI=1S/C25H23N3O5S/c1-25(2,3)33-24(32)28-16(12-14-8-5-4-6-9-14)23(31)27-17-13-34-22-18(17)20(29)15-10-7-11-26-19(15)21(22)30/h4-11,13,16H,12H2,1-3H3,(H,27,31)(H,28,32)/t16-/m0/s1. The molecule has 0 fully saturated rings. The molecule has 174 valence electrons. The van der Waals surface area contributed by atoms with Crippen LogP contribution < -0.4 is 10.6 Å². The average molecular weight is 478 g/mol. The molecule has 0 spiro atoms. The Morgan fingerprint density at radius 2 is 1.79 bits per heavy atom. The van der Waals surface area contributed by atoms with Crippen molar-refractivity contribution in [3.05, 3.63) is 81.3 Å². The van der Waals surface area contributed by atoms with Crippen LogP contribution in [-0.4, -0.2) is 40.2 Å². The van der Waals surface area contributed by atoms with Gasteiger partial charge in [-0.15, -0.1) is 11.3 Å². The van der Waals surface area contributed by atoms with Gasteiger partial charge in [0.1, 0.15) is 17.3 Å². The molecule has 1 atom stereocenters. The number of benzene rings is 1. The fraction of sp³-hybridized carbons (Fsp3) is 0.240. The molecule has 1 aliphatic carbocycles. The SMILES string of the molecule is CC(C)(C)OC(=O)N[C@@H](Cc1ccccc1)C(=O)Nc1csc2c1C(=O)c1cccnc1C2=O. The number of carbonyl (C=O) groups excluding carboxylic acids is 4. The third kappa shape index (κ3) is 4.89. The molecular formula is C25H23N3O5S. The van der Waals surface area contributed by atoms with Crippen LogP contribution in [0, 0.1) is 0 Å². The zero-order chi connectivity index (χ0) is 24.5. The van der Waals surface area contributed by atoms with Crippen LogP contribution in [0.25, 0.3) is 0 Å². The Hall–Kier alpha value is -3.85. The number of hydrogen-bond acceptors (Lipinski definition) is 7. The van der Waals surface area contributed by atoms with Crippen LogP contribution in [0.2, 0.25) is 0 Å². The van der Waals surface area contributed by atoms with E-state index in [0.29, 0.717) is 0 Å². The Labute approximate surface area is 200 Å². The van der Waals surface area contributed by atoms with E-state index in [4.69, 9.17) is 4.74 Å². The number of rotatable bonds is 5. The van der Waals surface area contributed by atoms with E-state index >= 15 is 0 Å². The lowest BCUT2D eigenvalue weighted by molar-refractivity contribution is -0.118. The molecule has 1 aromatic carbocycles. The van der Waals surface area contributed by atoms with E-state index in [1.54, 1.807) is 32.2 Å². The van der Waals surface area contributed by atoms with Gasteiger partial charge in [-0.25, -0.2) is 4.79 Å². The summed E-state index contributed by atoms with van der Waals surface area (Å²) < 4.78 is 5.32. The Balaban J connectivity index is 1.59. The lowest BCUT2D eigenvalue weighted by Gasteiger charge is -2.23. The van der Waals surface area contributed by atoms with E-state index in [2.05, 4.69) is 15.6 Å². The highest BCUT2D eigenvalue weighted by Crippen LogP contribution is 2.36. The van der Waals surface area contributed by atoms with Gasteiger partial charge in [-0.2, -0.15) is 0 Å². The normalized spacial score (nSPS) is 13.5. The fourth-order valence-electron chi connectivity index (χ4n) is 3.58. The number of thiophene rings is 1. The summed E-state index contributed by atoms with van der Waals surface area (Å²) in [5.41, 5.74) is 0.757. The molecule has 0 saturated carbocycles. The van der Waals surface area contributed by atoms with E-state index < -0.39 is 23.6 Å². The Kier molecular flexibility index (Phi) is 6.30. The summed E-state index contributed by atoms with van der Waals surface area (Å²) in [5, 5.41) is 6.90. The van der Waals surface area contributed by atoms with Gasteiger partial charge < -0.3 is 15.4 Å². The summed E-state index contributed by atoms with van der Waals surface area (Å²) in [4.78, 5) is 55.8. The number of ketones is 2. The number of nitrogens with zero attached hydrogens (tertiary/aromatic N) is 1. The largest absolute Gasteiger partial charge is 0.444 e. The minimum absolute atomic E-state index is 0.105. The second-order valence-electron chi connectivity index (χ2n) is 8.79. The predicted octanol–water partition coefficient (Wildman–Crippen LogP) is 3.99. The fourth-order valence-corrected chi connectivity index (χ4v) is 4.52. The van der Waals surface area contributed by atoms with Crippen LogP contribution >= 0.6 is 11.3 Å². The Morgan fingerprint density at radius 3 is 2.50 bits per heavy atom. The number of hydrogen-bond donors (Lipinski definition) is 2. The number of nitrogens with one attached hydrogen (secondary N) is 2. The summed E-state index contributed by atoms with van der Waals surface area (Å²) in [5.74, 6) is -1.27. The molecule has 0 radical (unpaired) electrons. The van der Waals surface area contributed by atoms with E-state index in [9.17, 15) is 19.2 Å². The molecule has 4 rings (SSSR count). The average Bonchev–Trinajstić information content (AvgIpc) is 3.20. The monoisotopic (exact) mass is 477 g/mol. The maximum atomic E-state index is 13.3. The maximum Gasteiger partial charge on any atom is 0.408 e. The second kappa shape index (κ2) is 9.18. The van der Waals surface area contributed by atoms with Crippen molar-refractivity contribution in [1.82, 2.24) is 10.3 Å². The predicted molar refractivity (Wildman–Crippen MR) is 127 cm³/mol. The molecule has 2 amide bonds. The summed E-state index contributed by atoms with van der Waals surface area (Å²) in [6.07, 6.45) is 0.932. The van der Waals surface area contributed by atoms with Gasteiger partial charge in [-0.1, -0.05) is 30.3 Å². The number of carbonyl (C=O) groups is 4.